The molecule has 0 aliphatic carbocycles. The van der Waals surface area contributed by atoms with Crippen LogP contribution in [0.25, 0.3) is 99.4 Å². The molecular formula is C38H20N6O2. The van der Waals surface area contributed by atoms with Gasteiger partial charge in [0.15, 0.2) is 0 Å². The molecule has 0 aliphatic rings. The summed E-state index contributed by atoms with van der Waals surface area (Å²) in [5.41, 5.74) is 12.8. The van der Waals surface area contributed by atoms with Crippen LogP contribution in [0.5, 0.6) is 0 Å². The highest BCUT2D eigenvalue weighted by atomic mass is 16.3. The van der Waals surface area contributed by atoms with E-state index >= 15 is 0 Å². The van der Waals surface area contributed by atoms with Gasteiger partial charge in [0, 0.05) is 57.7 Å². The van der Waals surface area contributed by atoms with Gasteiger partial charge in [0.2, 0.25) is 0 Å². The summed E-state index contributed by atoms with van der Waals surface area (Å²) in [5.74, 6) is 0. The smallest absolute Gasteiger partial charge is 0.136 e. The molecule has 0 radical (unpaired) electrons. The zero-order valence-corrected chi connectivity index (χ0v) is 24.0. The molecule has 0 atom stereocenters. The van der Waals surface area contributed by atoms with Gasteiger partial charge >= 0.3 is 0 Å². The molecule has 8 aromatic heterocycles. The van der Waals surface area contributed by atoms with Crippen LogP contribution in [-0.2, 0) is 0 Å². The van der Waals surface area contributed by atoms with Gasteiger partial charge in [0.05, 0.1) is 22.1 Å². The number of rotatable bonds is 2. The maximum absolute atomic E-state index is 6.45. The van der Waals surface area contributed by atoms with Crippen molar-refractivity contribution < 1.29 is 8.83 Å². The summed E-state index contributed by atoms with van der Waals surface area (Å²) in [6, 6.07) is 33.0. The number of fused-ring (bicyclic) bond motifs is 12. The van der Waals surface area contributed by atoms with Crippen LogP contribution in [-0.4, -0.2) is 29.1 Å². The van der Waals surface area contributed by atoms with Crippen molar-refractivity contribution in [1.82, 2.24) is 29.1 Å². The number of hydrogen-bond donors (Lipinski definition) is 0. The Kier molecular flexibility index (Phi) is 4.43. The van der Waals surface area contributed by atoms with E-state index in [2.05, 4.69) is 89.7 Å². The van der Waals surface area contributed by atoms with Crippen LogP contribution in [0.15, 0.2) is 131 Å². The first-order valence-corrected chi connectivity index (χ1v) is 15.0. The standard InChI is InChI=1S/C38H20N6O2/c1-5-27-35(39-13-1)36-28(6-2-14-40-36)43(27)21-9-11-31-23(17-21)25-19-34-26(20-33(25)45-31)24-18-22(10-12-32(24)46-34)44-29-7-3-15-41-37(29)38-30(44)8-4-16-42-38/h1-20H. The zero-order valence-electron chi connectivity index (χ0n) is 24.0. The van der Waals surface area contributed by atoms with Crippen molar-refractivity contribution in [2.75, 3.05) is 0 Å². The maximum atomic E-state index is 6.45. The minimum Gasteiger partial charge on any atom is -0.456 e. The largest absolute Gasteiger partial charge is 0.456 e. The lowest BCUT2D eigenvalue weighted by Crippen LogP contribution is -1.93. The third-order valence-corrected chi connectivity index (χ3v) is 9.10. The molecule has 11 rings (SSSR count). The average molecular weight is 593 g/mol. The van der Waals surface area contributed by atoms with E-state index in [0.717, 1.165) is 99.4 Å². The van der Waals surface area contributed by atoms with Crippen LogP contribution < -0.4 is 0 Å². The van der Waals surface area contributed by atoms with Gasteiger partial charge in [-0.3, -0.25) is 19.9 Å². The number of hydrogen-bond acceptors (Lipinski definition) is 6. The van der Waals surface area contributed by atoms with Gasteiger partial charge in [-0.15, -0.1) is 0 Å². The second-order valence-electron chi connectivity index (χ2n) is 11.6. The van der Waals surface area contributed by atoms with E-state index in [-0.39, 0.29) is 0 Å². The lowest BCUT2D eigenvalue weighted by Gasteiger charge is -2.07. The summed E-state index contributed by atoms with van der Waals surface area (Å²) in [6.07, 6.45) is 7.25. The molecule has 8 heterocycles. The minimum atomic E-state index is 0.809. The van der Waals surface area contributed by atoms with Crippen LogP contribution >= 0.6 is 0 Å². The molecule has 3 aromatic carbocycles. The predicted octanol–water partition coefficient (Wildman–Crippen LogP) is 9.26. The lowest BCUT2D eigenvalue weighted by atomic mass is 10.1. The summed E-state index contributed by atoms with van der Waals surface area (Å²) in [6.45, 7) is 0. The number of pyridine rings is 4. The Morgan fingerprint density at radius 3 is 1.09 bits per heavy atom. The van der Waals surface area contributed by atoms with Gasteiger partial charge in [0.1, 0.15) is 44.4 Å². The number of aromatic nitrogens is 6. The number of benzene rings is 3. The second-order valence-corrected chi connectivity index (χ2v) is 11.6. The van der Waals surface area contributed by atoms with Crippen molar-refractivity contribution >= 4 is 88.0 Å². The second kappa shape index (κ2) is 8.55. The molecule has 0 saturated heterocycles. The Morgan fingerprint density at radius 1 is 0.370 bits per heavy atom. The third-order valence-electron chi connectivity index (χ3n) is 9.10. The molecule has 214 valence electrons. The minimum absolute atomic E-state index is 0.809. The molecule has 8 nitrogen and oxygen atoms in total. The number of furan rings is 2. The molecule has 0 fully saturated rings. The van der Waals surface area contributed by atoms with E-state index in [9.17, 15) is 0 Å². The Morgan fingerprint density at radius 2 is 0.717 bits per heavy atom. The van der Waals surface area contributed by atoms with Gasteiger partial charge in [-0.25, -0.2) is 0 Å². The highest BCUT2D eigenvalue weighted by Crippen LogP contribution is 2.39. The van der Waals surface area contributed by atoms with Crippen molar-refractivity contribution in [2.24, 2.45) is 0 Å². The normalized spacial score (nSPS) is 12.3. The Bertz CT molecular complexity index is 2740. The van der Waals surface area contributed by atoms with Crippen LogP contribution in [0.1, 0.15) is 0 Å². The van der Waals surface area contributed by atoms with Crippen molar-refractivity contribution in [3.63, 3.8) is 0 Å². The highest BCUT2D eigenvalue weighted by Gasteiger charge is 2.19. The van der Waals surface area contributed by atoms with E-state index in [0.29, 0.717) is 0 Å². The Hall–Kier alpha value is -6.54. The fourth-order valence-corrected chi connectivity index (χ4v) is 7.15. The molecule has 0 spiro atoms. The topological polar surface area (TPSA) is 87.7 Å². The molecule has 0 unspecified atom stereocenters. The molecule has 8 heteroatoms. The quantitative estimate of drug-likeness (QED) is 0.199. The highest BCUT2D eigenvalue weighted by molar-refractivity contribution is 6.16. The van der Waals surface area contributed by atoms with Gasteiger partial charge in [0.25, 0.3) is 0 Å². The Balaban J connectivity index is 1.13. The monoisotopic (exact) mass is 592 g/mol. The van der Waals surface area contributed by atoms with E-state index in [1.807, 2.05) is 61.2 Å². The third kappa shape index (κ3) is 3.07. The summed E-state index contributed by atoms with van der Waals surface area (Å²) >= 11 is 0. The van der Waals surface area contributed by atoms with Gasteiger partial charge in [-0.05, 0) is 97.1 Å². The predicted molar refractivity (Wildman–Crippen MR) is 181 cm³/mol. The first-order chi connectivity index (χ1) is 22.8. The summed E-state index contributed by atoms with van der Waals surface area (Å²) in [7, 11) is 0. The SMILES string of the molecule is c1cnc2c3ncccc3n(-c3ccc4oc5cc6c(cc5c4c3)oc3ccc(-n4c5cccnc5c5ncccc54)cc36)c2c1. The molecule has 0 saturated carbocycles. The number of nitrogens with zero attached hydrogens (tertiary/aromatic N) is 6. The van der Waals surface area contributed by atoms with Gasteiger partial charge < -0.3 is 18.0 Å². The molecule has 11 aromatic rings. The van der Waals surface area contributed by atoms with Crippen LogP contribution in [0.3, 0.4) is 0 Å². The molecule has 0 aliphatic heterocycles. The first kappa shape index (κ1) is 23.9. The van der Waals surface area contributed by atoms with Crippen LogP contribution in [0.2, 0.25) is 0 Å². The summed E-state index contributed by atoms with van der Waals surface area (Å²) in [4.78, 5) is 18.6. The first-order valence-electron chi connectivity index (χ1n) is 15.0. The molecule has 0 bridgehead atoms. The lowest BCUT2D eigenvalue weighted by molar-refractivity contribution is 0.664. The van der Waals surface area contributed by atoms with E-state index in [1.54, 1.807) is 0 Å². The van der Waals surface area contributed by atoms with E-state index in [1.165, 1.54) is 0 Å². The van der Waals surface area contributed by atoms with Crippen molar-refractivity contribution in [3.05, 3.63) is 122 Å². The van der Waals surface area contributed by atoms with Crippen molar-refractivity contribution in [1.29, 1.82) is 0 Å². The fraction of sp³-hybridized carbons (Fsp3) is 0. The zero-order chi connectivity index (χ0) is 29.9. The van der Waals surface area contributed by atoms with Gasteiger partial charge in [-0.2, -0.15) is 0 Å². The molecular weight excluding hydrogens is 572 g/mol. The van der Waals surface area contributed by atoms with Crippen LogP contribution in [0, 0.1) is 0 Å². The fourth-order valence-electron chi connectivity index (χ4n) is 7.15. The van der Waals surface area contributed by atoms with E-state index < -0.39 is 0 Å². The molecule has 0 amide bonds. The van der Waals surface area contributed by atoms with Crippen molar-refractivity contribution in [2.45, 2.75) is 0 Å². The van der Waals surface area contributed by atoms with Gasteiger partial charge in [-0.1, -0.05) is 0 Å². The maximum Gasteiger partial charge on any atom is 0.136 e. The summed E-state index contributed by atoms with van der Waals surface area (Å²) < 4.78 is 17.3. The summed E-state index contributed by atoms with van der Waals surface area (Å²) in [5, 5.41) is 4.03. The van der Waals surface area contributed by atoms with Crippen LogP contribution in [0.4, 0.5) is 0 Å². The Labute approximate surface area is 258 Å². The molecule has 0 N–H and O–H groups in total. The van der Waals surface area contributed by atoms with Crippen molar-refractivity contribution in [3.8, 4) is 11.4 Å². The average Bonchev–Trinajstić information content (AvgIpc) is 3.84. The van der Waals surface area contributed by atoms with E-state index in [4.69, 9.17) is 8.83 Å². The molecule has 46 heavy (non-hydrogen) atoms.